The van der Waals surface area contributed by atoms with Crippen molar-refractivity contribution in [2.75, 3.05) is 12.4 Å². The second kappa shape index (κ2) is 11.1. The molecule has 1 atom stereocenters. The fourth-order valence-electron chi connectivity index (χ4n) is 3.70. The van der Waals surface area contributed by atoms with E-state index in [2.05, 4.69) is 29.8 Å². The van der Waals surface area contributed by atoms with Crippen LogP contribution in [0.25, 0.3) is 16.6 Å². The quantitative estimate of drug-likeness (QED) is 0.321. The van der Waals surface area contributed by atoms with Crippen molar-refractivity contribution in [1.82, 2.24) is 14.5 Å². The van der Waals surface area contributed by atoms with Crippen LogP contribution >= 0.6 is 27.5 Å². The number of amides is 1. The average molecular weight is 519 g/mol. The third-order valence-corrected chi connectivity index (χ3v) is 6.32. The van der Waals surface area contributed by atoms with Crippen molar-refractivity contribution >= 4 is 44.3 Å². The van der Waals surface area contributed by atoms with Crippen LogP contribution in [0.5, 0.6) is 0 Å². The number of carbonyl (C=O) groups excluding carboxylic acids is 1. The zero-order valence-corrected chi connectivity index (χ0v) is 21.1. The topological polar surface area (TPSA) is 55.2 Å². The van der Waals surface area contributed by atoms with Gasteiger partial charge in [-0.15, -0.1) is 11.6 Å². The first-order valence-electron chi connectivity index (χ1n) is 11.0. The first kappa shape index (κ1) is 24.5. The predicted octanol–water partition coefficient (Wildman–Crippen LogP) is 6.10. The average Bonchev–Trinajstić information content (AvgIpc) is 2.78. The first-order valence-corrected chi connectivity index (χ1v) is 12.3. The van der Waals surface area contributed by atoms with Gasteiger partial charge < -0.3 is 4.90 Å². The number of carbonyl (C=O) groups is 1. The number of fused-ring (bicyclic) bond motifs is 1. The van der Waals surface area contributed by atoms with Gasteiger partial charge in [-0.25, -0.2) is 4.98 Å². The molecule has 0 fully saturated rings. The van der Waals surface area contributed by atoms with Gasteiger partial charge in [0.1, 0.15) is 5.82 Å². The van der Waals surface area contributed by atoms with E-state index < -0.39 is 0 Å². The molecule has 32 heavy (non-hydrogen) atoms. The Bertz CT molecular complexity index is 1130. The molecule has 170 valence electrons. The Morgan fingerprint density at radius 2 is 1.81 bits per heavy atom. The molecule has 0 aliphatic rings. The third kappa shape index (κ3) is 5.59. The van der Waals surface area contributed by atoms with Gasteiger partial charge >= 0.3 is 0 Å². The zero-order valence-electron chi connectivity index (χ0n) is 18.7. The minimum Gasteiger partial charge on any atom is -0.333 e. The maximum absolute atomic E-state index is 13.6. The summed E-state index contributed by atoms with van der Waals surface area (Å²) in [6.45, 7) is 6.82. The minimum atomic E-state index is -0.377. The minimum absolute atomic E-state index is 0.0311. The highest BCUT2D eigenvalue weighted by Gasteiger charge is 2.26. The predicted molar refractivity (Wildman–Crippen MR) is 135 cm³/mol. The number of para-hydroxylation sites is 1. The number of nitrogens with zero attached hydrogens (tertiary/aromatic N) is 3. The number of aromatic nitrogens is 2. The van der Waals surface area contributed by atoms with Crippen molar-refractivity contribution in [3.05, 3.63) is 69.2 Å². The Hall–Kier alpha value is -2.18. The lowest BCUT2D eigenvalue weighted by molar-refractivity contribution is -0.133. The number of halogens is 2. The van der Waals surface area contributed by atoms with Gasteiger partial charge in [-0.1, -0.05) is 41.9 Å². The van der Waals surface area contributed by atoms with Gasteiger partial charge in [-0.3, -0.25) is 14.2 Å². The van der Waals surface area contributed by atoms with Gasteiger partial charge in [-0.05, 0) is 62.1 Å². The molecule has 0 bridgehead atoms. The molecule has 3 rings (SSSR count). The van der Waals surface area contributed by atoms with Crippen LogP contribution in [0.1, 0.15) is 51.9 Å². The second-order valence-corrected chi connectivity index (χ2v) is 9.64. The van der Waals surface area contributed by atoms with Gasteiger partial charge in [0.2, 0.25) is 5.91 Å². The van der Waals surface area contributed by atoms with Crippen LogP contribution in [0, 0.1) is 5.92 Å². The molecule has 0 radical (unpaired) electrons. The van der Waals surface area contributed by atoms with Crippen LogP contribution in [0.2, 0.25) is 0 Å². The van der Waals surface area contributed by atoms with Crippen molar-refractivity contribution in [1.29, 1.82) is 0 Å². The fraction of sp³-hybridized carbons (Fsp3) is 0.400. The molecule has 1 unspecified atom stereocenters. The van der Waals surface area contributed by atoms with Crippen LogP contribution in [-0.2, 0) is 4.79 Å². The molecule has 7 heteroatoms. The summed E-state index contributed by atoms with van der Waals surface area (Å²) in [5.41, 5.74) is 1.21. The van der Waals surface area contributed by atoms with Crippen LogP contribution in [0.4, 0.5) is 0 Å². The molecule has 3 aromatic rings. The van der Waals surface area contributed by atoms with Crippen molar-refractivity contribution in [3.63, 3.8) is 0 Å². The Morgan fingerprint density at radius 3 is 2.47 bits per heavy atom. The fourth-order valence-corrected chi connectivity index (χ4v) is 4.10. The van der Waals surface area contributed by atoms with E-state index in [-0.39, 0.29) is 17.5 Å². The number of alkyl halides is 1. The SMILES string of the molecule is CC(C)CCN(C(=O)CCCCl)C(C)c1nc2ccccc2c(=O)n1-c1ccc(Br)cc1. The summed E-state index contributed by atoms with van der Waals surface area (Å²) < 4.78 is 2.56. The smallest absolute Gasteiger partial charge is 0.266 e. The van der Waals surface area contributed by atoms with Crippen molar-refractivity contribution in [2.24, 2.45) is 5.92 Å². The molecule has 5 nitrogen and oxygen atoms in total. The third-order valence-electron chi connectivity index (χ3n) is 5.52. The van der Waals surface area contributed by atoms with E-state index in [1.54, 1.807) is 10.6 Å². The molecule has 0 N–H and O–H groups in total. The number of rotatable bonds is 9. The van der Waals surface area contributed by atoms with Crippen molar-refractivity contribution in [3.8, 4) is 5.69 Å². The molecule has 1 aromatic heterocycles. The maximum Gasteiger partial charge on any atom is 0.266 e. The molecule has 0 aliphatic heterocycles. The molecule has 1 amide bonds. The molecule has 2 aromatic carbocycles. The molecule has 0 saturated carbocycles. The zero-order chi connectivity index (χ0) is 23.3. The molecular weight excluding hydrogens is 490 g/mol. The number of benzene rings is 2. The van der Waals surface area contributed by atoms with Crippen LogP contribution in [0.3, 0.4) is 0 Å². The van der Waals surface area contributed by atoms with Crippen molar-refractivity contribution in [2.45, 2.75) is 46.1 Å². The Kier molecular flexibility index (Phi) is 8.49. The van der Waals surface area contributed by atoms with Gasteiger partial charge in [0.05, 0.1) is 22.6 Å². The highest BCUT2D eigenvalue weighted by Crippen LogP contribution is 2.25. The van der Waals surface area contributed by atoms with Gasteiger partial charge in [0.25, 0.3) is 5.56 Å². The lowest BCUT2D eigenvalue weighted by Gasteiger charge is -2.31. The summed E-state index contributed by atoms with van der Waals surface area (Å²) in [6, 6.07) is 14.5. The molecular formula is C25H29BrClN3O2. The lowest BCUT2D eigenvalue weighted by atomic mass is 10.1. The highest BCUT2D eigenvalue weighted by atomic mass is 79.9. The number of hydrogen-bond acceptors (Lipinski definition) is 3. The van der Waals surface area contributed by atoms with Crippen LogP contribution < -0.4 is 5.56 Å². The van der Waals surface area contributed by atoms with Crippen molar-refractivity contribution < 1.29 is 4.79 Å². The van der Waals surface area contributed by atoms with Crippen LogP contribution in [0.15, 0.2) is 57.8 Å². The second-order valence-electron chi connectivity index (χ2n) is 8.34. The molecule has 1 heterocycles. The summed E-state index contributed by atoms with van der Waals surface area (Å²) in [4.78, 5) is 33.4. The van der Waals surface area contributed by atoms with E-state index in [1.165, 1.54) is 0 Å². The van der Waals surface area contributed by atoms with E-state index in [9.17, 15) is 9.59 Å². The Balaban J connectivity index is 2.17. The van der Waals surface area contributed by atoms with Gasteiger partial charge in [0, 0.05) is 23.3 Å². The standard InChI is InChI=1S/C25H29BrClN3O2/c1-17(2)14-16-29(23(31)9-6-15-27)18(3)24-28-22-8-5-4-7-21(22)25(32)30(24)20-12-10-19(26)11-13-20/h4-5,7-8,10-13,17-18H,6,9,14-16H2,1-3H3. The monoisotopic (exact) mass is 517 g/mol. The van der Waals surface area contributed by atoms with E-state index in [0.717, 1.165) is 16.6 Å². The lowest BCUT2D eigenvalue weighted by Crippen LogP contribution is -2.38. The summed E-state index contributed by atoms with van der Waals surface area (Å²) in [7, 11) is 0. The summed E-state index contributed by atoms with van der Waals surface area (Å²) in [6.07, 6.45) is 1.87. The van der Waals surface area contributed by atoms with E-state index >= 15 is 0 Å². The molecule has 0 aliphatic carbocycles. The number of hydrogen-bond donors (Lipinski definition) is 0. The largest absolute Gasteiger partial charge is 0.333 e. The van der Waals surface area contributed by atoms with E-state index in [0.29, 0.717) is 47.9 Å². The summed E-state index contributed by atoms with van der Waals surface area (Å²) in [5.74, 6) is 1.47. The first-order chi connectivity index (χ1) is 15.3. The highest BCUT2D eigenvalue weighted by molar-refractivity contribution is 9.10. The van der Waals surface area contributed by atoms with E-state index in [1.807, 2.05) is 54.3 Å². The normalized spacial score (nSPS) is 12.3. The van der Waals surface area contributed by atoms with Gasteiger partial charge in [0.15, 0.2) is 0 Å². The van der Waals surface area contributed by atoms with Gasteiger partial charge in [-0.2, -0.15) is 0 Å². The Morgan fingerprint density at radius 1 is 1.12 bits per heavy atom. The Labute approximate surface area is 202 Å². The summed E-state index contributed by atoms with van der Waals surface area (Å²) >= 11 is 9.30. The van der Waals surface area contributed by atoms with E-state index in [4.69, 9.17) is 16.6 Å². The maximum atomic E-state index is 13.6. The van der Waals surface area contributed by atoms with Crippen LogP contribution in [-0.4, -0.2) is 32.8 Å². The summed E-state index contributed by atoms with van der Waals surface area (Å²) in [5, 5.41) is 0.550. The molecule has 0 saturated heterocycles. The molecule has 0 spiro atoms.